The maximum Gasteiger partial charge on any atom is 0.407 e. The number of nitrogens with one attached hydrogen (secondary N) is 1. The number of ether oxygens (including phenoxy) is 1. The molecule has 0 spiro atoms. The first-order valence-electron chi connectivity index (χ1n) is 9.05. The van der Waals surface area contributed by atoms with Gasteiger partial charge in [-0.3, -0.25) is 4.79 Å². The summed E-state index contributed by atoms with van der Waals surface area (Å²) >= 11 is 0. The maximum absolute atomic E-state index is 12.0. The van der Waals surface area contributed by atoms with E-state index >= 15 is 0 Å². The molecule has 0 atom stereocenters. The number of hydrogen-bond acceptors (Lipinski definition) is 4. The zero-order valence-electron chi connectivity index (χ0n) is 15.4. The highest BCUT2D eigenvalue weighted by atomic mass is 16.5. The van der Waals surface area contributed by atoms with Gasteiger partial charge in [-0.25, -0.2) is 4.79 Å². The number of alkyl carbamates (subject to hydrolysis) is 1. The zero-order chi connectivity index (χ0) is 19.2. The lowest BCUT2D eigenvalue weighted by atomic mass is 9.98. The molecule has 6 heteroatoms. The fourth-order valence-corrected chi connectivity index (χ4v) is 3.40. The Balaban J connectivity index is 1.50. The molecule has 3 rings (SSSR count). The van der Waals surface area contributed by atoms with E-state index in [1.807, 2.05) is 36.2 Å². The number of carbonyl (C=O) groups excluding carboxylic acids is 1. The van der Waals surface area contributed by atoms with Crippen LogP contribution in [0.1, 0.15) is 23.5 Å². The van der Waals surface area contributed by atoms with Crippen molar-refractivity contribution in [3.05, 3.63) is 59.7 Å². The zero-order valence-corrected chi connectivity index (χ0v) is 15.4. The van der Waals surface area contributed by atoms with E-state index in [0.29, 0.717) is 19.6 Å². The molecule has 0 saturated carbocycles. The summed E-state index contributed by atoms with van der Waals surface area (Å²) in [5.41, 5.74) is 4.75. The number of carboxylic acid groups (broad SMARTS) is 1. The predicted molar refractivity (Wildman–Crippen MR) is 103 cm³/mol. The molecule has 2 aromatic carbocycles. The smallest absolute Gasteiger partial charge is 0.407 e. The third kappa shape index (κ3) is 4.65. The average molecular weight is 368 g/mol. The van der Waals surface area contributed by atoms with E-state index in [2.05, 4.69) is 29.6 Å². The van der Waals surface area contributed by atoms with Crippen molar-refractivity contribution in [2.45, 2.75) is 12.3 Å². The van der Waals surface area contributed by atoms with Gasteiger partial charge in [-0.15, -0.1) is 0 Å². The monoisotopic (exact) mass is 368 g/mol. The molecule has 2 aromatic rings. The van der Waals surface area contributed by atoms with Crippen molar-refractivity contribution in [3.63, 3.8) is 0 Å². The Morgan fingerprint density at radius 2 is 1.63 bits per heavy atom. The van der Waals surface area contributed by atoms with Crippen molar-refractivity contribution in [2.75, 3.05) is 33.3 Å². The molecule has 6 nitrogen and oxygen atoms in total. The first-order chi connectivity index (χ1) is 13.1. The van der Waals surface area contributed by atoms with E-state index in [1.165, 1.54) is 22.3 Å². The van der Waals surface area contributed by atoms with E-state index in [9.17, 15) is 9.59 Å². The van der Waals surface area contributed by atoms with Crippen molar-refractivity contribution < 1.29 is 19.4 Å². The normalized spacial score (nSPS) is 12.5. The van der Waals surface area contributed by atoms with E-state index in [-0.39, 0.29) is 18.9 Å². The molecule has 0 fully saturated rings. The van der Waals surface area contributed by atoms with Crippen LogP contribution in [0.5, 0.6) is 0 Å². The predicted octanol–water partition coefficient (Wildman–Crippen LogP) is 2.93. The van der Waals surface area contributed by atoms with Crippen LogP contribution in [-0.4, -0.2) is 55.4 Å². The Labute approximate surface area is 158 Å². The summed E-state index contributed by atoms with van der Waals surface area (Å²) in [6, 6.07) is 16.4. The first kappa shape index (κ1) is 18.9. The van der Waals surface area contributed by atoms with Crippen molar-refractivity contribution in [1.29, 1.82) is 0 Å². The molecule has 1 aliphatic rings. The summed E-state index contributed by atoms with van der Waals surface area (Å²) in [6.45, 7) is 1.71. The first-order valence-corrected chi connectivity index (χ1v) is 9.05. The number of hydrogen-bond donors (Lipinski definition) is 2. The largest absolute Gasteiger partial charge is 0.481 e. The lowest BCUT2D eigenvalue weighted by molar-refractivity contribution is -0.137. The average Bonchev–Trinajstić information content (AvgIpc) is 2.99. The number of aliphatic carboxylic acids is 1. The van der Waals surface area contributed by atoms with Crippen LogP contribution in [0.3, 0.4) is 0 Å². The van der Waals surface area contributed by atoms with Crippen molar-refractivity contribution in [1.82, 2.24) is 10.2 Å². The minimum Gasteiger partial charge on any atom is -0.481 e. The number of likely N-dealkylation sites (N-methyl/N-ethyl adjacent to an activating group) is 1. The second-order valence-corrected chi connectivity index (χ2v) is 6.70. The van der Waals surface area contributed by atoms with Crippen LogP contribution in [0.4, 0.5) is 4.79 Å². The number of fused-ring (bicyclic) bond motifs is 3. The summed E-state index contributed by atoms with van der Waals surface area (Å²) in [5.74, 6) is -0.785. The second kappa shape index (κ2) is 8.68. The molecule has 1 aliphatic carbocycles. The Hall–Kier alpha value is -2.86. The molecule has 0 aliphatic heterocycles. The van der Waals surface area contributed by atoms with E-state index < -0.39 is 12.1 Å². The quantitative estimate of drug-likeness (QED) is 0.749. The highest BCUT2D eigenvalue weighted by Gasteiger charge is 2.28. The fourth-order valence-electron chi connectivity index (χ4n) is 3.40. The molecule has 1 amide bonds. The van der Waals surface area contributed by atoms with Crippen LogP contribution in [0.15, 0.2) is 48.5 Å². The second-order valence-electron chi connectivity index (χ2n) is 6.70. The Morgan fingerprint density at radius 3 is 2.22 bits per heavy atom. The van der Waals surface area contributed by atoms with Crippen LogP contribution < -0.4 is 5.32 Å². The lowest BCUT2D eigenvalue weighted by Gasteiger charge is -2.17. The van der Waals surface area contributed by atoms with Gasteiger partial charge >= 0.3 is 12.1 Å². The van der Waals surface area contributed by atoms with Gasteiger partial charge in [-0.2, -0.15) is 0 Å². The van der Waals surface area contributed by atoms with Gasteiger partial charge in [0.1, 0.15) is 6.61 Å². The van der Waals surface area contributed by atoms with Gasteiger partial charge in [-0.05, 0) is 29.3 Å². The standard InChI is InChI=1S/C21H24N2O4/c1-23(12-10-20(24)25)13-11-22-21(26)27-14-19-17-8-4-2-6-15(17)16-7-3-5-9-18(16)19/h2-9,19H,10-14H2,1H3,(H,22,26)(H,24,25). The van der Waals surface area contributed by atoms with Crippen molar-refractivity contribution in [2.24, 2.45) is 0 Å². The van der Waals surface area contributed by atoms with E-state index in [1.54, 1.807) is 0 Å². The van der Waals surface area contributed by atoms with E-state index in [4.69, 9.17) is 9.84 Å². The third-order valence-corrected chi connectivity index (χ3v) is 4.81. The molecule has 0 radical (unpaired) electrons. The summed E-state index contributed by atoms with van der Waals surface area (Å²) in [7, 11) is 1.82. The Morgan fingerprint density at radius 1 is 1.04 bits per heavy atom. The minimum atomic E-state index is -0.827. The molecular weight excluding hydrogens is 344 g/mol. The molecule has 0 heterocycles. The Bertz CT molecular complexity index is 776. The van der Waals surface area contributed by atoms with Gasteiger partial charge in [0.05, 0.1) is 6.42 Å². The van der Waals surface area contributed by atoms with E-state index in [0.717, 1.165) is 0 Å². The van der Waals surface area contributed by atoms with Crippen LogP contribution in [-0.2, 0) is 9.53 Å². The molecule has 27 heavy (non-hydrogen) atoms. The molecule has 2 N–H and O–H groups in total. The van der Waals surface area contributed by atoms with Gasteiger partial charge < -0.3 is 20.1 Å². The van der Waals surface area contributed by atoms with Crippen LogP contribution in [0, 0.1) is 0 Å². The number of nitrogens with zero attached hydrogens (tertiary/aromatic N) is 1. The molecule has 0 saturated heterocycles. The molecule has 0 aromatic heterocycles. The highest BCUT2D eigenvalue weighted by Crippen LogP contribution is 2.44. The summed E-state index contributed by atoms with van der Waals surface area (Å²) in [5, 5.41) is 11.4. The van der Waals surface area contributed by atoms with Gasteiger partial charge in [0.2, 0.25) is 0 Å². The van der Waals surface area contributed by atoms with Crippen molar-refractivity contribution >= 4 is 12.1 Å². The SMILES string of the molecule is CN(CCNC(=O)OCC1c2ccccc2-c2ccccc21)CCC(=O)O. The number of amides is 1. The maximum atomic E-state index is 12.0. The summed E-state index contributed by atoms with van der Waals surface area (Å²) < 4.78 is 5.46. The molecule has 142 valence electrons. The Kier molecular flexibility index (Phi) is 6.08. The van der Waals surface area contributed by atoms with Gasteiger partial charge in [0.15, 0.2) is 0 Å². The topological polar surface area (TPSA) is 78.9 Å². The van der Waals surface area contributed by atoms with Crippen LogP contribution >= 0.6 is 0 Å². The molecule has 0 unspecified atom stereocenters. The number of rotatable bonds is 8. The fraction of sp³-hybridized carbons (Fsp3) is 0.333. The van der Waals surface area contributed by atoms with Crippen LogP contribution in [0.2, 0.25) is 0 Å². The number of carbonyl (C=O) groups is 2. The van der Waals surface area contributed by atoms with Gasteiger partial charge in [0, 0.05) is 25.6 Å². The van der Waals surface area contributed by atoms with Crippen molar-refractivity contribution in [3.8, 4) is 11.1 Å². The lowest BCUT2D eigenvalue weighted by Crippen LogP contribution is -2.34. The summed E-state index contributed by atoms with van der Waals surface area (Å²) in [4.78, 5) is 24.4. The number of carboxylic acids is 1. The highest BCUT2D eigenvalue weighted by molar-refractivity contribution is 5.79. The minimum absolute atomic E-state index is 0.0430. The van der Waals surface area contributed by atoms with Gasteiger partial charge in [0.25, 0.3) is 0 Å². The third-order valence-electron chi connectivity index (χ3n) is 4.81. The molecule has 0 bridgehead atoms. The number of benzene rings is 2. The summed E-state index contributed by atoms with van der Waals surface area (Å²) in [6.07, 6.45) is -0.370. The van der Waals surface area contributed by atoms with Gasteiger partial charge in [-0.1, -0.05) is 48.5 Å². The molecular formula is C21H24N2O4. The van der Waals surface area contributed by atoms with Crippen LogP contribution in [0.25, 0.3) is 11.1 Å².